The molecule has 43 heavy (non-hydrogen) atoms. The minimum Gasteiger partial charge on any atom is -0.495 e. The molecule has 0 aliphatic rings. The van der Waals surface area contributed by atoms with E-state index < -0.39 is 46.2 Å². The fourth-order valence-electron chi connectivity index (χ4n) is 3.61. The molecule has 3 N–H and O–H groups in total. The molecule has 1 heterocycles. The van der Waals surface area contributed by atoms with Gasteiger partial charge in [-0.05, 0) is 48.5 Å². The molecule has 0 saturated carbocycles. The fourth-order valence-corrected chi connectivity index (χ4v) is 3.61. The van der Waals surface area contributed by atoms with Crippen LogP contribution < -0.4 is 20.9 Å². The number of anilines is 4. The van der Waals surface area contributed by atoms with Crippen LogP contribution in [0.2, 0.25) is 0 Å². The van der Waals surface area contributed by atoms with Crippen LogP contribution in [-0.2, 0) is 12.4 Å². The Bertz CT molecular complexity index is 1560. The number of nitrogens with one attached hydrogen (secondary N) is 3. The molecule has 3 aromatic carbocycles. The average Bonchev–Trinajstić information content (AvgIpc) is 2.94. The topological polar surface area (TPSA) is 95.8 Å². The quantitative estimate of drug-likeness (QED) is 0.104. The maximum absolute atomic E-state index is 13.4. The van der Waals surface area contributed by atoms with Crippen LogP contribution in [0.1, 0.15) is 22.3 Å². The van der Waals surface area contributed by atoms with Gasteiger partial charge in [0, 0.05) is 17.2 Å². The number of ether oxygens (including phenoxy) is 1. The predicted molar refractivity (Wildman–Crippen MR) is 144 cm³/mol. The Morgan fingerprint density at radius 2 is 1.23 bits per heavy atom. The van der Waals surface area contributed by atoms with Crippen molar-refractivity contribution >= 4 is 35.7 Å². The van der Waals surface area contributed by atoms with E-state index in [2.05, 4.69) is 36.3 Å². The molecular formula is C27H19F8N7O. The van der Waals surface area contributed by atoms with Crippen molar-refractivity contribution in [2.45, 2.75) is 12.4 Å². The van der Waals surface area contributed by atoms with Crippen LogP contribution in [0.3, 0.4) is 0 Å². The van der Waals surface area contributed by atoms with E-state index in [0.717, 1.165) is 36.7 Å². The zero-order valence-corrected chi connectivity index (χ0v) is 21.7. The first-order valence-electron chi connectivity index (χ1n) is 11.9. The highest BCUT2D eigenvalue weighted by atomic mass is 19.4. The molecule has 0 saturated heterocycles. The highest BCUT2D eigenvalue weighted by molar-refractivity contribution is 5.83. The van der Waals surface area contributed by atoms with Crippen molar-refractivity contribution in [3.8, 4) is 5.75 Å². The van der Waals surface area contributed by atoms with Gasteiger partial charge >= 0.3 is 12.4 Å². The first-order chi connectivity index (χ1) is 20.3. The lowest BCUT2D eigenvalue weighted by molar-refractivity contribution is -0.138. The van der Waals surface area contributed by atoms with Gasteiger partial charge in [-0.3, -0.25) is 5.43 Å². The molecule has 0 bridgehead atoms. The van der Waals surface area contributed by atoms with Crippen molar-refractivity contribution in [1.82, 2.24) is 9.97 Å². The van der Waals surface area contributed by atoms with Crippen molar-refractivity contribution in [1.29, 1.82) is 0 Å². The molecule has 0 spiro atoms. The van der Waals surface area contributed by atoms with E-state index in [1.807, 2.05) is 0 Å². The van der Waals surface area contributed by atoms with Crippen LogP contribution >= 0.6 is 0 Å². The van der Waals surface area contributed by atoms with Gasteiger partial charge in [-0.1, -0.05) is 12.1 Å². The van der Waals surface area contributed by atoms with E-state index in [1.165, 1.54) is 13.2 Å². The van der Waals surface area contributed by atoms with Crippen LogP contribution in [0.15, 0.2) is 76.9 Å². The molecule has 8 nitrogen and oxygen atoms in total. The minimum atomic E-state index is -4.86. The summed E-state index contributed by atoms with van der Waals surface area (Å²) in [7, 11) is 1.43. The number of benzene rings is 3. The van der Waals surface area contributed by atoms with Crippen molar-refractivity contribution in [2.75, 3.05) is 23.3 Å². The number of hydrogen-bond acceptors (Lipinski definition) is 8. The first kappa shape index (κ1) is 30.7. The van der Waals surface area contributed by atoms with Crippen LogP contribution in [0.4, 0.5) is 58.4 Å². The van der Waals surface area contributed by atoms with Gasteiger partial charge in [-0.25, -0.2) is 14.2 Å². The van der Waals surface area contributed by atoms with Gasteiger partial charge in [-0.2, -0.15) is 46.5 Å². The lowest BCUT2D eigenvalue weighted by Gasteiger charge is -2.12. The Balaban J connectivity index is 1.64. The summed E-state index contributed by atoms with van der Waals surface area (Å²) in [4.78, 5) is 8.23. The third-order valence-electron chi connectivity index (χ3n) is 5.49. The summed E-state index contributed by atoms with van der Waals surface area (Å²) in [6.07, 6.45) is -8.12. The van der Waals surface area contributed by atoms with Gasteiger partial charge < -0.3 is 10.1 Å². The van der Waals surface area contributed by atoms with Crippen molar-refractivity contribution in [3.63, 3.8) is 0 Å². The molecule has 224 valence electrons. The molecule has 0 atom stereocenters. The Morgan fingerprint density at radius 3 is 1.79 bits per heavy atom. The average molecular weight is 609 g/mol. The molecule has 0 unspecified atom stereocenters. The number of aromatic nitrogens is 2. The molecule has 16 heteroatoms. The van der Waals surface area contributed by atoms with E-state index in [1.54, 1.807) is 24.3 Å². The number of halogens is 8. The van der Waals surface area contributed by atoms with Gasteiger partial charge in [0.25, 0.3) is 0 Å². The molecule has 0 aliphatic carbocycles. The van der Waals surface area contributed by atoms with Gasteiger partial charge in [0.05, 0.1) is 36.4 Å². The zero-order valence-electron chi connectivity index (χ0n) is 21.7. The standard InChI is InChI=1S/C27H19F8N7O/c1-43-22-5-3-2-4-21(22)38-23-12-24(41-36-13-15-6-8-17(28)10-19(15)26(30,31)32)40-25(39-23)42-37-14-16-7-9-18(29)11-20(16)27(33,34)35/h2-14H,1H3,(H3,38,39,40,41,42). The van der Waals surface area contributed by atoms with Crippen LogP contribution in [-0.4, -0.2) is 29.5 Å². The number of alkyl halides is 6. The highest BCUT2D eigenvalue weighted by Gasteiger charge is 2.34. The van der Waals surface area contributed by atoms with E-state index >= 15 is 0 Å². The summed E-state index contributed by atoms with van der Waals surface area (Å²) in [5.41, 5.74) is 1.83. The maximum atomic E-state index is 13.4. The molecule has 0 aliphatic heterocycles. The third-order valence-corrected chi connectivity index (χ3v) is 5.49. The predicted octanol–water partition coefficient (Wildman–Crippen LogP) is 7.44. The fraction of sp³-hybridized carbons (Fsp3) is 0.111. The largest absolute Gasteiger partial charge is 0.495 e. The van der Waals surface area contributed by atoms with E-state index in [0.29, 0.717) is 23.6 Å². The first-order valence-corrected chi connectivity index (χ1v) is 11.9. The molecule has 0 radical (unpaired) electrons. The number of nitrogens with zero attached hydrogens (tertiary/aromatic N) is 4. The van der Waals surface area contributed by atoms with E-state index in [4.69, 9.17) is 4.74 Å². The summed E-state index contributed by atoms with van der Waals surface area (Å²) in [5, 5.41) is 10.4. The second kappa shape index (κ2) is 12.7. The highest BCUT2D eigenvalue weighted by Crippen LogP contribution is 2.33. The van der Waals surface area contributed by atoms with E-state index in [9.17, 15) is 35.1 Å². The second-order valence-electron chi connectivity index (χ2n) is 8.49. The van der Waals surface area contributed by atoms with Crippen molar-refractivity contribution in [2.24, 2.45) is 10.2 Å². The SMILES string of the molecule is COc1ccccc1Nc1cc(NN=Cc2ccc(F)cc2C(F)(F)F)nc(NN=Cc2ccc(F)cc2C(F)(F)F)n1. The number of hydrogen-bond donors (Lipinski definition) is 3. The molecule has 0 amide bonds. The maximum Gasteiger partial charge on any atom is 0.417 e. The summed E-state index contributed by atoms with van der Waals surface area (Å²) < 4.78 is 112. The molecule has 4 rings (SSSR count). The summed E-state index contributed by atoms with van der Waals surface area (Å²) >= 11 is 0. The molecule has 0 fully saturated rings. The summed E-state index contributed by atoms with van der Waals surface area (Å²) in [6, 6.07) is 12.1. The zero-order chi connectivity index (χ0) is 31.2. The second-order valence-corrected chi connectivity index (χ2v) is 8.49. The number of hydrazone groups is 2. The van der Waals surface area contributed by atoms with E-state index in [-0.39, 0.29) is 17.6 Å². The third kappa shape index (κ3) is 8.15. The molecule has 1 aromatic heterocycles. The van der Waals surface area contributed by atoms with Gasteiger partial charge in [0.1, 0.15) is 23.2 Å². The van der Waals surface area contributed by atoms with Crippen LogP contribution in [0, 0.1) is 11.6 Å². The van der Waals surface area contributed by atoms with Gasteiger partial charge in [0.2, 0.25) is 5.95 Å². The lowest BCUT2D eigenvalue weighted by Crippen LogP contribution is -2.10. The Labute approximate surface area is 238 Å². The van der Waals surface area contributed by atoms with Gasteiger partial charge in [0.15, 0.2) is 5.82 Å². The number of rotatable bonds is 9. The smallest absolute Gasteiger partial charge is 0.417 e. The Kier molecular flexibility index (Phi) is 9.06. The molecule has 4 aromatic rings. The Morgan fingerprint density at radius 1 is 0.698 bits per heavy atom. The molecular weight excluding hydrogens is 590 g/mol. The minimum absolute atomic E-state index is 0.0882. The summed E-state index contributed by atoms with van der Waals surface area (Å²) in [5.74, 6) is -2.02. The van der Waals surface area contributed by atoms with Crippen molar-refractivity contribution < 1.29 is 39.9 Å². The number of methoxy groups -OCH3 is 1. The lowest BCUT2D eigenvalue weighted by atomic mass is 10.1. The van der Waals surface area contributed by atoms with Crippen LogP contribution in [0.25, 0.3) is 0 Å². The monoisotopic (exact) mass is 609 g/mol. The van der Waals surface area contributed by atoms with Crippen molar-refractivity contribution in [3.05, 3.63) is 101 Å². The van der Waals surface area contributed by atoms with Gasteiger partial charge in [-0.15, -0.1) is 0 Å². The van der Waals surface area contributed by atoms with Crippen LogP contribution in [0.5, 0.6) is 5.75 Å². The Hall–Kier alpha value is -5.28. The normalized spacial score (nSPS) is 12.1. The number of para-hydroxylation sites is 2. The summed E-state index contributed by atoms with van der Waals surface area (Å²) in [6.45, 7) is 0.